The number of rotatable bonds is 7. The number of hydrogen-bond acceptors (Lipinski definition) is 7. The van der Waals surface area contributed by atoms with Gasteiger partial charge in [0, 0.05) is 0 Å². The van der Waals surface area contributed by atoms with Crippen molar-refractivity contribution >= 4 is 16.7 Å². The third kappa shape index (κ3) is 4.95. The van der Waals surface area contributed by atoms with Gasteiger partial charge >= 0.3 is 5.97 Å². The zero-order valence-electron chi connectivity index (χ0n) is 18.2. The Hall–Kier alpha value is -3.29. The summed E-state index contributed by atoms with van der Waals surface area (Å²) in [6.45, 7) is 4.06. The molecular weight excluding hydrogens is 412 g/mol. The van der Waals surface area contributed by atoms with Crippen LogP contribution in [0.4, 0.5) is 0 Å². The maximum Gasteiger partial charge on any atom is 0.341 e. The van der Waals surface area contributed by atoms with Crippen molar-refractivity contribution in [3.63, 3.8) is 0 Å². The molecule has 1 saturated heterocycles. The molecule has 0 amide bonds. The van der Waals surface area contributed by atoms with E-state index in [-0.39, 0.29) is 25.1 Å². The predicted molar refractivity (Wildman–Crippen MR) is 118 cm³/mol. The van der Waals surface area contributed by atoms with Crippen LogP contribution in [0.15, 0.2) is 60.7 Å². The van der Waals surface area contributed by atoms with E-state index in [9.17, 15) is 9.90 Å². The Morgan fingerprint density at radius 3 is 2.16 bits per heavy atom. The van der Waals surface area contributed by atoms with Gasteiger partial charge in [-0.15, -0.1) is 0 Å². The monoisotopic (exact) mass is 438 g/mol. The SMILES string of the molecule is COC(=O)c1cc2ccccc2cc1OC[C@@H]1OC(C)(C)O[C@H]1COc1ccc(O)cc1. The van der Waals surface area contributed by atoms with Gasteiger partial charge in [-0.25, -0.2) is 4.79 Å². The minimum absolute atomic E-state index is 0.162. The maximum atomic E-state index is 12.3. The summed E-state index contributed by atoms with van der Waals surface area (Å²) in [6.07, 6.45) is -0.806. The van der Waals surface area contributed by atoms with Gasteiger partial charge in [-0.3, -0.25) is 0 Å². The molecular formula is C25H26O7. The van der Waals surface area contributed by atoms with Gasteiger partial charge in [0.05, 0.1) is 7.11 Å². The summed E-state index contributed by atoms with van der Waals surface area (Å²) in [4.78, 5) is 12.3. The van der Waals surface area contributed by atoms with E-state index < -0.39 is 17.9 Å². The molecule has 4 rings (SSSR count). The molecule has 0 aliphatic carbocycles. The van der Waals surface area contributed by atoms with E-state index in [1.165, 1.54) is 7.11 Å². The molecule has 1 fully saturated rings. The Balaban J connectivity index is 1.50. The second-order valence-corrected chi connectivity index (χ2v) is 8.02. The van der Waals surface area contributed by atoms with Gasteiger partial charge < -0.3 is 28.8 Å². The largest absolute Gasteiger partial charge is 0.508 e. The minimum Gasteiger partial charge on any atom is -0.508 e. The van der Waals surface area contributed by atoms with E-state index >= 15 is 0 Å². The number of hydrogen-bond donors (Lipinski definition) is 1. The van der Waals surface area contributed by atoms with Crippen LogP contribution in [-0.4, -0.2) is 49.4 Å². The molecule has 32 heavy (non-hydrogen) atoms. The van der Waals surface area contributed by atoms with E-state index in [2.05, 4.69) is 0 Å². The first-order valence-electron chi connectivity index (χ1n) is 10.4. The Kier molecular flexibility index (Phi) is 6.21. The van der Waals surface area contributed by atoms with Gasteiger partial charge in [-0.1, -0.05) is 24.3 Å². The van der Waals surface area contributed by atoms with Crippen LogP contribution in [0, 0.1) is 0 Å². The third-order valence-corrected chi connectivity index (χ3v) is 5.19. The van der Waals surface area contributed by atoms with Gasteiger partial charge in [0.25, 0.3) is 0 Å². The molecule has 0 spiro atoms. The molecule has 0 aromatic heterocycles. The quantitative estimate of drug-likeness (QED) is 0.550. The van der Waals surface area contributed by atoms with Gasteiger partial charge in [-0.2, -0.15) is 0 Å². The van der Waals surface area contributed by atoms with Crippen LogP contribution in [0.5, 0.6) is 17.2 Å². The lowest BCUT2D eigenvalue weighted by atomic mass is 10.1. The lowest BCUT2D eigenvalue weighted by molar-refractivity contribution is -0.150. The number of ether oxygens (including phenoxy) is 5. The minimum atomic E-state index is -0.800. The fourth-order valence-electron chi connectivity index (χ4n) is 3.69. The molecule has 168 valence electrons. The molecule has 3 aromatic carbocycles. The molecule has 0 radical (unpaired) electrons. The summed E-state index contributed by atoms with van der Waals surface area (Å²) >= 11 is 0. The second kappa shape index (κ2) is 9.06. The summed E-state index contributed by atoms with van der Waals surface area (Å²) in [5, 5.41) is 11.3. The van der Waals surface area contributed by atoms with Crippen LogP contribution in [0.2, 0.25) is 0 Å². The van der Waals surface area contributed by atoms with Gasteiger partial charge in [0.15, 0.2) is 5.79 Å². The van der Waals surface area contributed by atoms with Crippen LogP contribution in [0.3, 0.4) is 0 Å². The van der Waals surface area contributed by atoms with Crippen molar-refractivity contribution < 1.29 is 33.6 Å². The number of phenolic OH excluding ortho intramolecular Hbond substituents is 1. The first-order valence-corrected chi connectivity index (χ1v) is 10.4. The number of fused-ring (bicyclic) bond motifs is 1. The van der Waals surface area contributed by atoms with Crippen molar-refractivity contribution in [2.45, 2.75) is 31.8 Å². The number of methoxy groups -OCH3 is 1. The summed E-state index contributed by atoms with van der Waals surface area (Å²) in [7, 11) is 1.34. The van der Waals surface area contributed by atoms with Gasteiger partial charge in [-0.05, 0) is 61.0 Å². The zero-order chi connectivity index (χ0) is 22.7. The Morgan fingerprint density at radius 2 is 1.53 bits per heavy atom. The van der Waals surface area contributed by atoms with E-state index in [0.29, 0.717) is 17.1 Å². The number of carbonyl (C=O) groups is 1. The average molecular weight is 438 g/mol. The maximum absolute atomic E-state index is 12.3. The molecule has 0 saturated carbocycles. The molecule has 1 heterocycles. The standard InChI is InChI=1S/C25H26O7/c1-25(2)31-22(14-29-19-10-8-18(26)9-11-19)23(32-25)15-30-21-13-17-7-5-4-6-16(17)12-20(21)24(27)28-3/h4-13,22-23,26H,14-15H2,1-3H3/t22-,23-/m0/s1. The van der Waals surface area contributed by atoms with Crippen molar-refractivity contribution in [3.8, 4) is 17.2 Å². The smallest absolute Gasteiger partial charge is 0.341 e. The molecule has 1 aliphatic heterocycles. The van der Waals surface area contributed by atoms with Crippen LogP contribution >= 0.6 is 0 Å². The van der Waals surface area contributed by atoms with Crippen molar-refractivity contribution in [2.75, 3.05) is 20.3 Å². The number of phenols is 1. The third-order valence-electron chi connectivity index (χ3n) is 5.19. The second-order valence-electron chi connectivity index (χ2n) is 8.02. The number of aromatic hydroxyl groups is 1. The van der Waals surface area contributed by atoms with E-state index in [1.807, 2.05) is 44.2 Å². The highest BCUT2D eigenvalue weighted by Gasteiger charge is 2.42. The van der Waals surface area contributed by atoms with Crippen LogP contribution < -0.4 is 9.47 Å². The summed E-state index contributed by atoms with van der Waals surface area (Å²) in [6, 6.07) is 17.8. The van der Waals surface area contributed by atoms with Gasteiger partial charge in [0.2, 0.25) is 0 Å². The van der Waals surface area contributed by atoms with Crippen LogP contribution in [0.25, 0.3) is 10.8 Å². The fraction of sp³-hybridized carbons (Fsp3) is 0.320. The molecule has 3 aromatic rings. The average Bonchev–Trinajstić information content (AvgIpc) is 3.09. The molecule has 7 nitrogen and oxygen atoms in total. The zero-order valence-corrected chi connectivity index (χ0v) is 18.2. The van der Waals surface area contributed by atoms with E-state index in [1.54, 1.807) is 30.3 Å². The lowest BCUT2D eigenvalue weighted by Crippen LogP contribution is -2.34. The fourth-order valence-corrected chi connectivity index (χ4v) is 3.69. The van der Waals surface area contributed by atoms with Crippen molar-refractivity contribution in [2.24, 2.45) is 0 Å². The Labute approximate surface area is 186 Å². The Bertz CT molecular complexity index is 1090. The Morgan fingerprint density at radius 1 is 0.938 bits per heavy atom. The molecule has 2 atom stereocenters. The number of carbonyl (C=O) groups excluding carboxylic acids is 1. The highest BCUT2D eigenvalue weighted by atomic mass is 16.8. The molecule has 1 aliphatic rings. The van der Waals surface area contributed by atoms with Crippen LogP contribution in [-0.2, 0) is 14.2 Å². The molecule has 7 heteroatoms. The highest BCUT2D eigenvalue weighted by Crippen LogP contribution is 2.31. The molecule has 1 N–H and O–H groups in total. The summed E-state index contributed by atoms with van der Waals surface area (Å²) in [5.41, 5.74) is 0.348. The summed E-state index contributed by atoms with van der Waals surface area (Å²) in [5.74, 6) is -0.0739. The summed E-state index contributed by atoms with van der Waals surface area (Å²) < 4.78 is 28.8. The number of benzene rings is 3. The first-order chi connectivity index (χ1) is 15.3. The predicted octanol–water partition coefficient (Wildman–Crippen LogP) is 4.31. The van der Waals surface area contributed by atoms with Crippen molar-refractivity contribution in [1.82, 2.24) is 0 Å². The van der Waals surface area contributed by atoms with Gasteiger partial charge in [0.1, 0.15) is 48.2 Å². The lowest BCUT2D eigenvalue weighted by Gasteiger charge is -2.19. The normalized spacial score (nSPS) is 19.6. The van der Waals surface area contributed by atoms with Crippen LogP contribution in [0.1, 0.15) is 24.2 Å². The van der Waals surface area contributed by atoms with E-state index in [0.717, 1.165) is 10.8 Å². The van der Waals surface area contributed by atoms with Crippen molar-refractivity contribution in [1.29, 1.82) is 0 Å². The number of esters is 1. The highest BCUT2D eigenvalue weighted by molar-refractivity contribution is 5.98. The molecule has 0 unspecified atom stereocenters. The topological polar surface area (TPSA) is 83.5 Å². The van der Waals surface area contributed by atoms with Crippen molar-refractivity contribution in [3.05, 3.63) is 66.2 Å². The molecule has 0 bridgehead atoms. The first kappa shape index (κ1) is 21.9. The van der Waals surface area contributed by atoms with E-state index in [4.69, 9.17) is 23.7 Å².